The van der Waals surface area contributed by atoms with Crippen LogP contribution in [0.2, 0.25) is 0 Å². The second-order valence-electron chi connectivity index (χ2n) is 3.95. The van der Waals surface area contributed by atoms with Crippen molar-refractivity contribution in [3.8, 4) is 0 Å². The zero-order chi connectivity index (χ0) is 15.3. The highest BCUT2D eigenvalue weighted by Gasteiger charge is 2.20. The summed E-state index contributed by atoms with van der Waals surface area (Å²) in [6, 6.07) is 0. The van der Waals surface area contributed by atoms with Crippen molar-refractivity contribution in [2.24, 2.45) is 0 Å². The van der Waals surface area contributed by atoms with E-state index in [-0.39, 0.29) is 18.7 Å². The maximum absolute atomic E-state index is 11.3. The molecule has 19 heavy (non-hydrogen) atoms. The Balaban J connectivity index is 4.12. The third-order valence-electron chi connectivity index (χ3n) is 1.99. The Kier molecular flexibility index (Phi) is 6.85. The molecule has 3 N–H and O–H groups in total. The van der Waals surface area contributed by atoms with Crippen molar-refractivity contribution < 1.29 is 34.9 Å². The number of sulfonamides is 1. The topological polar surface area (TPSA) is 155 Å². The average molecular weight is 339 g/mol. The fraction of sp³-hybridized carbons (Fsp3) is 1.00. The first-order valence-corrected chi connectivity index (χ1v) is 10.3. The molecule has 1 atom stereocenters. The molecule has 116 valence electrons. The number of hydrogen-bond acceptors (Lipinski definition) is 7. The van der Waals surface area contributed by atoms with E-state index in [9.17, 15) is 25.3 Å². The fourth-order valence-electron chi connectivity index (χ4n) is 1.07. The number of nitrogens with one attached hydrogen (secondary N) is 1. The van der Waals surface area contributed by atoms with Crippen molar-refractivity contribution in [2.45, 2.75) is 18.3 Å². The van der Waals surface area contributed by atoms with E-state index < -0.39 is 47.6 Å². The van der Waals surface area contributed by atoms with Crippen LogP contribution in [-0.4, -0.2) is 64.7 Å². The van der Waals surface area contributed by atoms with Crippen LogP contribution in [0.25, 0.3) is 0 Å². The molecule has 0 aliphatic carbocycles. The molecule has 0 saturated heterocycles. The molecule has 0 amide bonds. The van der Waals surface area contributed by atoms with Crippen molar-refractivity contribution in [1.82, 2.24) is 4.72 Å². The third kappa shape index (κ3) is 10.2. The largest absolute Gasteiger partial charge is 0.375 e. The average Bonchev–Trinajstić information content (AvgIpc) is 2.12. The summed E-state index contributed by atoms with van der Waals surface area (Å²) in [4.78, 5) is 0. The molecule has 0 aliphatic heterocycles. The molecule has 1 unspecified atom stereocenters. The van der Waals surface area contributed by atoms with Gasteiger partial charge in [0.2, 0.25) is 10.0 Å². The van der Waals surface area contributed by atoms with E-state index in [0.717, 1.165) is 6.26 Å². The number of aliphatic hydroxyl groups excluding tert-OH is 1. The van der Waals surface area contributed by atoms with Crippen LogP contribution in [0.3, 0.4) is 0 Å². The van der Waals surface area contributed by atoms with Gasteiger partial charge in [-0.05, 0) is 6.42 Å². The monoisotopic (exact) mass is 339 g/mol. The van der Waals surface area contributed by atoms with Gasteiger partial charge in [0.25, 0.3) is 10.1 Å². The minimum Gasteiger partial charge on any atom is -0.375 e. The smallest absolute Gasteiger partial charge is 0.292 e. The highest BCUT2D eigenvalue weighted by Crippen LogP contribution is 2.00. The van der Waals surface area contributed by atoms with Crippen LogP contribution in [-0.2, 0) is 30.0 Å². The predicted molar refractivity (Wildman–Crippen MR) is 68.3 cm³/mol. The summed E-state index contributed by atoms with van der Waals surface area (Å²) >= 11 is 0. The lowest BCUT2D eigenvalue weighted by atomic mass is 10.5. The number of rotatable bonds is 9. The van der Waals surface area contributed by atoms with Gasteiger partial charge in [-0.1, -0.05) is 0 Å². The van der Waals surface area contributed by atoms with E-state index >= 15 is 0 Å². The first-order chi connectivity index (χ1) is 8.33. The van der Waals surface area contributed by atoms with Gasteiger partial charge in [0.1, 0.15) is 9.84 Å². The molecule has 0 spiro atoms. The van der Waals surface area contributed by atoms with Gasteiger partial charge in [-0.15, -0.1) is 0 Å². The molecule has 0 aromatic rings. The fourth-order valence-corrected chi connectivity index (χ4v) is 3.43. The van der Waals surface area contributed by atoms with Gasteiger partial charge < -0.3 is 5.11 Å². The maximum atomic E-state index is 11.3. The molecule has 0 aliphatic rings. The zero-order valence-electron chi connectivity index (χ0n) is 10.2. The standard InChI is InChI=1S/C7H17NO8S3/c1-17(10,11)5-2-6-18(12,13)8-4-3-7(9)19(14,15)16/h7-9H,2-6H2,1H3,(H,14,15,16). The van der Waals surface area contributed by atoms with Gasteiger partial charge in [-0.2, -0.15) is 8.42 Å². The second kappa shape index (κ2) is 6.95. The molecule has 0 heterocycles. The minimum absolute atomic E-state index is 0.0883. The van der Waals surface area contributed by atoms with Crippen molar-refractivity contribution in [2.75, 3.05) is 24.3 Å². The quantitative estimate of drug-likeness (QED) is 0.405. The Labute approximate surface area is 112 Å². The normalized spacial score (nSPS) is 15.3. The van der Waals surface area contributed by atoms with Crippen molar-refractivity contribution in [3.05, 3.63) is 0 Å². The number of hydrogen-bond donors (Lipinski definition) is 3. The van der Waals surface area contributed by atoms with E-state index in [2.05, 4.69) is 0 Å². The highest BCUT2D eigenvalue weighted by atomic mass is 32.2. The molecule has 12 heteroatoms. The Morgan fingerprint density at radius 2 is 1.58 bits per heavy atom. The molecular weight excluding hydrogens is 322 g/mol. The molecule has 0 rings (SSSR count). The van der Waals surface area contributed by atoms with Crippen LogP contribution in [0.15, 0.2) is 0 Å². The van der Waals surface area contributed by atoms with Gasteiger partial charge in [0, 0.05) is 19.2 Å². The highest BCUT2D eigenvalue weighted by molar-refractivity contribution is 7.91. The summed E-state index contributed by atoms with van der Waals surface area (Å²) in [7, 11) is -11.6. The lowest BCUT2D eigenvalue weighted by molar-refractivity contribution is 0.225. The van der Waals surface area contributed by atoms with Gasteiger partial charge in [0.05, 0.1) is 11.5 Å². The third-order valence-corrected chi connectivity index (χ3v) is 5.41. The van der Waals surface area contributed by atoms with E-state index in [1.807, 2.05) is 4.72 Å². The predicted octanol–water partition coefficient (Wildman–Crippen LogP) is -2.06. The van der Waals surface area contributed by atoms with E-state index in [0.29, 0.717) is 0 Å². The Morgan fingerprint density at radius 3 is 2.00 bits per heavy atom. The van der Waals surface area contributed by atoms with Crippen molar-refractivity contribution >= 4 is 30.0 Å². The van der Waals surface area contributed by atoms with Crippen molar-refractivity contribution in [1.29, 1.82) is 0 Å². The van der Waals surface area contributed by atoms with E-state index in [1.165, 1.54) is 0 Å². The van der Waals surface area contributed by atoms with Crippen LogP contribution < -0.4 is 4.72 Å². The molecule has 0 bridgehead atoms. The first kappa shape index (κ1) is 18.7. The molecular formula is C7H17NO8S3. The zero-order valence-corrected chi connectivity index (χ0v) is 12.6. The van der Waals surface area contributed by atoms with E-state index in [1.54, 1.807) is 0 Å². The summed E-state index contributed by atoms with van der Waals surface area (Å²) in [5.41, 5.74) is -2.06. The van der Waals surface area contributed by atoms with Crippen LogP contribution in [0.5, 0.6) is 0 Å². The summed E-state index contributed by atoms with van der Waals surface area (Å²) in [5, 5.41) is 8.91. The summed E-state index contributed by atoms with van der Waals surface area (Å²) in [6.45, 7) is -0.387. The molecule has 9 nitrogen and oxygen atoms in total. The Bertz CT molecular complexity index is 576. The summed E-state index contributed by atoms with van der Waals surface area (Å²) < 4.78 is 75.5. The van der Waals surface area contributed by atoms with Crippen LogP contribution in [0, 0.1) is 0 Å². The lowest BCUT2D eigenvalue weighted by Gasteiger charge is -2.09. The molecule has 0 aromatic carbocycles. The van der Waals surface area contributed by atoms with Gasteiger partial charge in [-0.25, -0.2) is 21.6 Å². The van der Waals surface area contributed by atoms with E-state index in [4.69, 9.17) is 9.66 Å². The molecule has 0 saturated carbocycles. The first-order valence-electron chi connectivity index (χ1n) is 5.13. The van der Waals surface area contributed by atoms with Crippen LogP contribution >= 0.6 is 0 Å². The van der Waals surface area contributed by atoms with Crippen LogP contribution in [0.4, 0.5) is 0 Å². The maximum Gasteiger partial charge on any atom is 0.292 e. The second-order valence-corrected chi connectivity index (χ2v) is 9.72. The number of sulfone groups is 1. The molecule has 0 fully saturated rings. The summed E-state index contributed by atoms with van der Waals surface area (Å²) in [6.07, 6.45) is 0.384. The van der Waals surface area contributed by atoms with Gasteiger partial charge in [0.15, 0.2) is 5.44 Å². The van der Waals surface area contributed by atoms with Crippen LogP contribution in [0.1, 0.15) is 12.8 Å². The lowest BCUT2D eigenvalue weighted by Crippen LogP contribution is -2.32. The Hall–Kier alpha value is -0.270. The van der Waals surface area contributed by atoms with Gasteiger partial charge >= 0.3 is 0 Å². The SMILES string of the molecule is CS(=O)(=O)CCCS(=O)(=O)NCCC(O)S(=O)(=O)O. The molecule has 0 aromatic heterocycles. The molecule has 0 radical (unpaired) electrons. The Morgan fingerprint density at radius 1 is 1.05 bits per heavy atom. The summed E-state index contributed by atoms with van der Waals surface area (Å²) in [5.74, 6) is -0.705. The van der Waals surface area contributed by atoms with Crippen molar-refractivity contribution in [3.63, 3.8) is 0 Å². The number of aliphatic hydroxyl groups is 1. The minimum atomic E-state index is -4.62. The van der Waals surface area contributed by atoms with Gasteiger partial charge in [-0.3, -0.25) is 4.55 Å².